The molecule has 98 valence electrons. The summed E-state index contributed by atoms with van der Waals surface area (Å²) < 4.78 is 13.1. The Balaban J connectivity index is 2.13. The van der Waals surface area contributed by atoms with Crippen LogP contribution < -0.4 is 5.32 Å². The summed E-state index contributed by atoms with van der Waals surface area (Å²) in [7, 11) is 0. The first-order chi connectivity index (χ1) is 9.20. The van der Waals surface area contributed by atoms with Gasteiger partial charge in [-0.15, -0.1) is 0 Å². The van der Waals surface area contributed by atoms with Gasteiger partial charge in [-0.05, 0) is 30.2 Å². The standard InChI is InChI=1S/C16H16FNO/c1-2-15(12-7-4-3-5-8-12)18-16(19)13-9-6-10-14(17)11-13/h3-11,15H,2H2,1H3,(H,18,19)/t15-/m0/s1. The number of nitrogens with one attached hydrogen (secondary N) is 1. The second-order valence-corrected chi connectivity index (χ2v) is 4.36. The highest BCUT2D eigenvalue weighted by Crippen LogP contribution is 2.16. The number of amides is 1. The van der Waals surface area contributed by atoms with E-state index >= 15 is 0 Å². The van der Waals surface area contributed by atoms with Crippen LogP contribution in [0.5, 0.6) is 0 Å². The second kappa shape index (κ2) is 6.14. The van der Waals surface area contributed by atoms with Crippen molar-refractivity contribution in [3.8, 4) is 0 Å². The van der Waals surface area contributed by atoms with Gasteiger partial charge in [-0.1, -0.05) is 43.3 Å². The highest BCUT2D eigenvalue weighted by atomic mass is 19.1. The van der Waals surface area contributed by atoms with Crippen LogP contribution in [0.4, 0.5) is 4.39 Å². The van der Waals surface area contributed by atoms with Gasteiger partial charge in [-0.3, -0.25) is 4.79 Å². The van der Waals surface area contributed by atoms with Gasteiger partial charge in [0.05, 0.1) is 6.04 Å². The average molecular weight is 257 g/mol. The number of carbonyl (C=O) groups is 1. The molecule has 2 nitrogen and oxygen atoms in total. The van der Waals surface area contributed by atoms with Gasteiger partial charge < -0.3 is 5.32 Å². The monoisotopic (exact) mass is 257 g/mol. The zero-order valence-electron chi connectivity index (χ0n) is 10.8. The molecule has 0 saturated heterocycles. The molecule has 0 saturated carbocycles. The minimum atomic E-state index is -0.402. The van der Waals surface area contributed by atoms with Gasteiger partial charge in [0.2, 0.25) is 0 Å². The molecule has 2 rings (SSSR count). The predicted molar refractivity (Wildman–Crippen MR) is 73.3 cm³/mol. The topological polar surface area (TPSA) is 29.1 Å². The zero-order valence-corrected chi connectivity index (χ0v) is 10.8. The highest BCUT2D eigenvalue weighted by molar-refractivity contribution is 5.94. The fourth-order valence-corrected chi connectivity index (χ4v) is 1.98. The number of hydrogen-bond acceptors (Lipinski definition) is 1. The third-order valence-electron chi connectivity index (χ3n) is 3.00. The minimum Gasteiger partial charge on any atom is -0.345 e. The Kier molecular flexibility index (Phi) is 4.29. The molecule has 0 aliphatic rings. The van der Waals surface area contributed by atoms with Crippen LogP contribution in [0.2, 0.25) is 0 Å². The lowest BCUT2D eigenvalue weighted by atomic mass is 10.0. The quantitative estimate of drug-likeness (QED) is 0.888. The number of carbonyl (C=O) groups excluding carboxylic acids is 1. The molecule has 1 amide bonds. The number of halogens is 1. The van der Waals surface area contributed by atoms with E-state index in [2.05, 4.69) is 5.32 Å². The van der Waals surface area contributed by atoms with Gasteiger partial charge in [0, 0.05) is 5.56 Å². The van der Waals surface area contributed by atoms with Crippen molar-refractivity contribution in [2.24, 2.45) is 0 Å². The number of hydrogen-bond donors (Lipinski definition) is 1. The van der Waals surface area contributed by atoms with E-state index < -0.39 is 5.82 Å². The molecule has 1 N–H and O–H groups in total. The van der Waals surface area contributed by atoms with Crippen molar-refractivity contribution in [1.82, 2.24) is 5.32 Å². The van der Waals surface area contributed by atoms with E-state index in [-0.39, 0.29) is 11.9 Å². The first-order valence-corrected chi connectivity index (χ1v) is 6.32. The molecule has 0 aliphatic carbocycles. The Bertz CT molecular complexity index is 554. The normalized spacial score (nSPS) is 11.9. The largest absolute Gasteiger partial charge is 0.345 e. The third kappa shape index (κ3) is 3.41. The van der Waals surface area contributed by atoms with Crippen molar-refractivity contribution >= 4 is 5.91 Å². The lowest BCUT2D eigenvalue weighted by Crippen LogP contribution is -2.28. The van der Waals surface area contributed by atoms with Gasteiger partial charge in [0.1, 0.15) is 5.82 Å². The summed E-state index contributed by atoms with van der Waals surface area (Å²) in [5.41, 5.74) is 1.39. The maximum atomic E-state index is 13.1. The van der Waals surface area contributed by atoms with Gasteiger partial charge >= 0.3 is 0 Å². The number of benzene rings is 2. The van der Waals surface area contributed by atoms with Gasteiger partial charge in [-0.25, -0.2) is 4.39 Å². The van der Waals surface area contributed by atoms with E-state index in [1.165, 1.54) is 18.2 Å². The smallest absolute Gasteiger partial charge is 0.251 e. The summed E-state index contributed by atoms with van der Waals surface area (Å²) in [6.07, 6.45) is 0.783. The molecule has 0 heterocycles. The van der Waals surface area contributed by atoms with Crippen LogP contribution in [0, 0.1) is 5.82 Å². The Morgan fingerprint density at radius 3 is 2.53 bits per heavy atom. The molecule has 2 aromatic rings. The summed E-state index contributed by atoms with van der Waals surface area (Å²) >= 11 is 0. The van der Waals surface area contributed by atoms with E-state index in [0.717, 1.165) is 12.0 Å². The first kappa shape index (κ1) is 13.3. The fraction of sp³-hybridized carbons (Fsp3) is 0.188. The van der Waals surface area contributed by atoms with Crippen molar-refractivity contribution in [2.75, 3.05) is 0 Å². The van der Waals surface area contributed by atoms with Crippen molar-refractivity contribution in [3.63, 3.8) is 0 Å². The average Bonchev–Trinajstić information content (AvgIpc) is 2.45. The molecule has 19 heavy (non-hydrogen) atoms. The van der Waals surface area contributed by atoms with Gasteiger partial charge in [-0.2, -0.15) is 0 Å². The Labute approximate surface area is 112 Å². The lowest BCUT2D eigenvalue weighted by molar-refractivity contribution is 0.0935. The number of rotatable bonds is 4. The van der Waals surface area contributed by atoms with Gasteiger partial charge in [0.15, 0.2) is 0 Å². The predicted octanol–water partition coefficient (Wildman–Crippen LogP) is 3.71. The molecule has 2 aromatic carbocycles. The van der Waals surface area contributed by atoms with Crippen LogP contribution in [-0.2, 0) is 0 Å². The maximum Gasteiger partial charge on any atom is 0.251 e. The maximum absolute atomic E-state index is 13.1. The van der Waals surface area contributed by atoms with Crippen molar-refractivity contribution < 1.29 is 9.18 Å². The molecule has 0 aromatic heterocycles. The van der Waals surface area contributed by atoms with Crippen molar-refractivity contribution in [3.05, 3.63) is 71.5 Å². The lowest BCUT2D eigenvalue weighted by Gasteiger charge is -2.17. The molecule has 0 fully saturated rings. The third-order valence-corrected chi connectivity index (χ3v) is 3.00. The van der Waals surface area contributed by atoms with Crippen molar-refractivity contribution in [1.29, 1.82) is 0 Å². The summed E-state index contributed by atoms with van der Waals surface area (Å²) in [6.45, 7) is 2.00. The Morgan fingerprint density at radius 2 is 1.89 bits per heavy atom. The van der Waals surface area contributed by atoms with Crippen LogP contribution in [0.25, 0.3) is 0 Å². The molecule has 3 heteroatoms. The summed E-state index contributed by atoms with van der Waals surface area (Å²) in [5.74, 6) is -0.657. The molecule has 0 bridgehead atoms. The molecule has 0 radical (unpaired) electrons. The van der Waals surface area contributed by atoms with Crippen LogP contribution in [0.3, 0.4) is 0 Å². The molecular formula is C16H16FNO. The SMILES string of the molecule is CC[C@H](NC(=O)c1cccc(F)c1)c1ccccc1. The second-order valence-electron chi connectivity index (χ2n) is 4.36. The summed E-state index contributed by atoms with van der Waals surface area (Å²) in [6, 6.07) is 15.4. The van der Waals surface area contributed by atoms with Crippen LogP contribution in [0.1, 0.15) is 35.3 Å². The Morgan fingerprint density at radius 1 is 1.16 bits per heavy atom. The van der Waals surface area contributed by atoms with E-state index in [1.807, 2.05) is 37.3 Å². The van der Waals surface area contributed by atoms with Gasteiger partial charge in [0.25, 0.3) is 5.91 Å². The first-order valence-electron chi connectivity index (χ1n) is 6.32. The van der Waals surface area contributed by atoms with Crippen LogP contribution in [-0.4, -0.2) is 5.91 Å². The molecule has 1 atom stereocenters. The fourth-order valence-electron chi connectivity index (χ4n) is 1.98. The summed E-state index contributed by atoms with van der Waals surface area (Å²) in [4.78, 5) is 12.1. The van der Waals surface area contributed by atoms with E-state index in [9.17, 15) is 9.18 Å². The van der Waals surface area contributed by atoms with Crippen molar-refractivity contribution in [2.45, 2.75) is 19.4 Å². The Hall–Kier alpha value is -2.16. The zero-order chi connectivity index (χ0) is 13.7. The summed E-state index contributed by atoms with van der Waals surface area (Å²) in [5, 5.41) is 2.92. The van der Waals surface area contributed by atoms with Crippen LogP contribution >= 0.6 is 0 Å². The molecule has 0 spiro atoms. The van der Waals surface area contributed by atoms with Crippen LogP contribution in [0.15, 0.2) is 54.6 Å². The molecular weight excluding hydrogens is 241 g/mol. The molecule has 0 unspecified atom stereocenters. The van der Waals surface area contributed by atoms with E-state index in [4.69, 9.17) is 0 Å². The van der Waals surface area contributed by atoms with E-state index in [1.54, 1.807) is 6.07 Å². The minimum absolute atomic E-state index is 0.0584. The molecule has 0 aliphatic heterocycles. The van der Waals surface area contributed by atoms with E-state index in [0.29, 0.717) is 5.56 Å². The highest BCUT2D eigenvalue weighted by Gasteiger charge is 2.13.